The Balaban J connectivity index is 1.26. The van der Waals surface area contributed by atoms with Crippen LogP contribution in [0.4, 0.5) is 30.9 Å². The topological polar surface area (TPSA) is 132 Å². The average Bonchev–Trinajstić information content (AvgIpc) is 3.66. The number of hydrogen-bond acceptors (Lipinski definition) is 10. The Labute approximate surface area is 252 Å². The predicted molar refractivity (Wildman–Crippen MR) is 159 cm³/mol. The van der Waals surface area contributed by atoms with E-state index in [1.807, 2.05) is 13.0 Å². The Morgan fingerprint density at radius 1 is 1.18 bits per heavy atom. The molecule has 4 atom stereocenters. The van der Waals surface area contributed by atoms with Gasteiger partial charge in [-0.2, -0.15) is 9.61 Å². The van der Waals surface area contributed by atoms with E-state index >= 15 is 8.78 Å². The normalized spacial score (nSPS) is 21.8. The Morgan fingerprint density at radius 2 is 1.98 bits per heavy atom. The molecule has 2 aliphatic rings. The summed E-state index contributed by atoms with van der Waals surface area (Å²) in [6.45, 7) is 4.08. The van der Waals surface area contributed by atoms with Crippen LogP contribution < -0.4 is 20.7 Å². The van der Waals surface area contributed by atoms with Crippen molar-refractivity contribution in [1.29, 1.82) is 0 Å². The molecule has 0 saturated carbocycles. The van der Waals surface area contributed by atoms with Crippen LogP contribution >= 0.6 is 0 Å². The minimum atomic E-state index is -0.790. The van der Waals surface area contributed by atoms with E-state index in [1.165, 1.54) is 11.6 Å². The van der Waals surface area contributed by atoms with Gasteiger partial charge in [0, 0.05) is 50.9 Å². The fourth-order valence-electron chi connectivity index (χ4n) is 6.09. The molecule has 12 nitrogen and oxygen atoms in total. The monoisotopic (exact) mass is 608 g/mol. The van der Waals surface area contributed by atoms with Crippen molar-refractivity contribution in [2.24, 2.45) is 11.7 Å². The first-order valence-corrected chi connectivity index (χ1v) is 14.3. The summed E-state index contributed by atoms with van der Waals surface area (Å²) in [6, 6.07) is 6.88. The SMILES string of the molecule is COC(=O)N(C)C1C(C)CN(c2ccncc2Nc2ncc3ccc(-c4c(F)cc(OC5CCOC5)cc4F)nn23)CC1N. The van der Waals surface area contributed by atoms with Crippen LogP contribution in [0.5, 0.6) is 5.75 Å². The molecule has 3 N–H and O–H groups in total. The fourth-order valence-corrected chi connectivity index (χ4v) is 6.09. The van der Waals surface area contributed by atoms with Gasteiger partial charge in [0.1, 0.15) is 23.5 Å². The van der Waals surface area contributed by atoms with Crippen LogP contribution in [0.2, 0.25) is 0 Å². The maximum absolute atomic E-state index is 15.2. The lowest BCUT2D eigenvalue weighted by Gasteiger charge is -2.45. The van der Waals surface area contributed by atoms with E-state index in [0.29, 0.717) is 49.9 Å². The zero-order valence-electron chi connectivity index (χ0n) is 24.6. The number of hydrogen-bond donors (Lipinski definition) is 2. The molecule has 1 amide bonds. The number of methoxy groups -OCH3 is 1. The minimum Gasteiger partial charge on any atom is -0.488 e. The quantitative estimate of drug-likeness (QED) is 0.319. The van der Waals surface area contributed by atoms with Crippen molar-refractivity contribution in [2.75, 3.05) is 50.7 Å². The number of nitrogens with two attached hydrogens (primary N) is 1. The van der Waals surface area contributed by atoms with E-state index in [0.717, 1.165) is 17.8 Å². The van der Waals surface area contributed by atoms with Crippen molar-refractivity contribution in [3.05, 3.63) is 60.6 Å². The lowest BCUT2D eigenvalue weighted by molar-refractivity contribution is 0.0906. The van der Waals surface area contributed by atoms with Gasteiger partial charge in [-0.3, -0.25) is 4.98 Å². The van der Waals surface area contributed by atoms with E-state index in [2.05, 4.69) is 25.3 Å². The molecule has 44 heavy (non-hydrogen) atoms. The molecule has 2 fully saturated rings. The van der Waals surface area contributed by atoms with Gasteiger partial charge in [-0.1, -0.05) is 6.92 Å². The first kappa shape index (κ1) is 29.5. The van der Waals surface area contributed by atoms with Crippen molar-refractivity contribution in [1.82, 2.24) is 24.5 Å². The molecule has 6 rings (SSSR count). The summed E-state index contributed by atoms with van der Waals surface area (Å²) >= 11 is 0. The third kappa shape index (κ3) is 5.69. The van der Waals surface area contributed by atoms with Gasteiger partial charge in [0.05, 0.1) is 66.9 Å². The highest BCUT2D eigenvalue weighted by Gasteiger charge is 2.38. The van der Waals surface area contributed by atoms with Crippen LogP contribution in [-0.4, -0.2) is 89.2 Å². The molecule has 0 spiro atoms. The van der Waals surface area contributed by atoms with Crippen molar-refractivity contribution >= 4 is 28.9 Å². The molecule has 0 aliphatic carbocycles. The third-order valence-corrected chi connectivity index (χ3v) is 8.10. The first-order valence-electron chi connectivity index (χ1n) is 14.3. The number of anilines is 3. The van der Waals surface area contributed by atoms with Gasteiger partial charge in [0.2, 0.25) is 5.95 Å². The van der Waals surface area contributed by atoms with Crippen molar-refractivity contribution in [3.8, 4) is 17.0 Å². The van der Waals surface area contributed by atoms with Crippen LogP contribution in [0.15, 0.2) is 48.9 Å². The van der Waals surface area contributed by atoms with Gasteiger partial charge in [0.15, 0.2) is 0 Å². The second kappa shape index (κ2) is 12.2. The van der Waals surface area contributed by atoms with Gasteiger partial charge < -0.3 is 35.1 Å². The van der Waals surface area contributed by atoms with E-state index in [4.69, 9.17) is 19.9 Å². The summed E-state index contributed by atoms with van der Waals surface area (Å²) in [5.74, 6) is -1.11. The number of benzene rings is 1. The molecule has 4 unspecified atom stereocenters. The lowest BCUT2D eigenvalue weighted by Crippen LogP contribution is -2.62. The zero-order valence-corrected chi connectivity index (χ0v) is 24.6. The smallest absolute Gasteiger partial charge is 0.409 e. The summed E-state index contributed by atoms with van der Waals surface area (Å²) in [7, 11) is 3.04. The van der Waals surface area contributed by atoms with Crippen molar-refractivity contribution in [3.63, 3.8) is 0 Å². The molecule has 2 saturated heterocycles. The number of piperidine rings is 1. The molecule has 0 bridgehead atoms. The zero-order chi connectivity index (χ0) is 31.0. The van der Waals surface area contributed by atoms with Crippen LogP contribution in [-0.2, 0) is 9.47 Å². The predicted octanol–water partition coefficient (Wildman–Crippen LogP) is 3.83. The molecule has 2 aliphatic heterocycles. The molecular weight excluding hydrogens is 574 g/mol. The fraction of sp³-hybridized carbons (Fsp3) is 0.400. The van der Waals surface area contributed by atoms with E-state index in [9.17, 15) is 4.79 Å². The number of pyridine rings is 1. The second-order valence-electron chi connectivity index (χ2n) is 11.1. The van der Waals surface area contributed by atoms with E-state index in [-0.39, 0.29) is 41.1 Å². The number of likely N-dealkylation sites (N-methyl/N-ethyl adjacent to an activating group) is 1. The molecule has 5 heterocycles. The van der Waals surface area contributed by atoms with Crippen molar-refractivity contribution < 1.29 is 27.8 Å². The Hall–Kier alpha value is -4.56. The molecular formula is C30H34F2N8O4. The Morgan fingerprint density at radius 3 is 2.68 bits per heavy atom. The maximum atomic E-state index is 15.2. The Bertz CT molecular complexity index is 1630. The number of nitrogens with one attached hydrogen (secondary N) is 1. The minimum absolute atomic E-state index is 0.0356. The molecule has 1 aromatic carbocycles. The molecule has 14 heteroatoms. The highest BCUT2D eigenvalue weighted by Crippen LogP contribution is 2.34. The van der Waals surface area contributed by atoms with Crippen LogP contribution in [0, 0.1) is 17.6 Å². The summed E-state index contributed by atoms with van der Waals surface area (Å²) in [5.41, 5.74) is 8.47. The molecule has 232 valence electrons. The number of ether oxygens (including phenoxy) is 3. The second-order valence-corrected chi connectivity index (χ2v) is 11.1. The summed E-state index contributed by atoms with van der Waals surface area (Å²) < 4.78 is 47.8. The van der Waals surface area contributed by atoms with Gasteiger partial charge in [0.25, 0.3) is 0 Å². The van der Waals surface area contributed by atoms with Gasteiger partial charge in [-0.15, -0.1) is 0 Å². The largest absolute Gasteiger partial charge is 0.488 e. The summed E-state index contributed by atoms with van der Waals surface area (Å²) in [5, 5.41) is 7.81. The molecule has 0 radical (unpaired) electrons. The summed E-state index contributed by atoms with van der Waals surface area (Å²) in [6.07, 6.45) is 4.94. The van der Waals surface area contributed by atoms with Crippen LogP contribution in [0.1, 0.15) is 13.3 Å². The highest BCUT2D eigenvalue weighted by atomic mass is 19.1. The molecule has 3 aromatic heterocycles. The third-order valence-electron chi connectivity index (χ3n) is 8.10. The van der Waals surface area contributed by atoms with Crippen LogP contribution in [0.3, 0.4) is 0 Å². The number of rotatable bonds is 7. The Kier molecular flexibility index (Phi) is 8.19. The van der Waals surface area contributed by atoms with Gasteiger partial charge >= 0.3 is 6.09 Å². The summed E-state index contributed by atoms with van der Waals surface area (Å²) in [4.78, 5) is 24.6. The van der Waals surface area contributed by atoms with E-state index < -0.39 is 17.7 Å². The molecule has 4 aromatic rings. The highest BCUT2D eigenvalue weighted by molar-refractivity contribution is 5.74. The number of imidazole rings is 1. The number of halogens is 2. The standard InChI is InChI=1S/C30H34F2N8O4/c1-17-14-39(15-23(33)28(17)38(2)30(41)42-3)26-6-8-34-13-25(26)36-29-35-12-18-4-5-24(37-40(18)29)27-21(31)10-20(11-22(27)32)44-19-7-9-43-16-19/h4-6,8,10-13,17,19,23,28H,7,9,14-16,33H2,1-3H3,(H,35,36). The number of carbonyl (C=O) groups excluding carboxylic acids is 1. The van der Waals surface area contributed by atoms with Gasteiger partial charge in [-0.25, -0.2) is 18.6 Å². The number of amides is 1. The van der Waals surface area contributed by atoms with Crippen molar-refractivity contribution in [2.45, 2.75) is 31.5 Å². The maximum Gasteiger partial charge on any atom is 0.409 e. The number of carbonyl (C=O) groups is 1. The number of nitrogens with zero attached hydrogens (tertiary/aromatic N) is 6. The first-order chi connectivity index (χ1) is 21.2. The van der Waals surface area contributed by atoms with Crippen LogP contribution in [0.25, 0.3) is 16.8 Å². The number of fused-ring (bicyclic) bond motifs is 1. The average molecular weight is 609 g/mol. The van der Waals surface area contributed by atoms with Gasteiger partial charge in [-0.05, 0) is 24.1 Å². The lowest BCUT2D eigenvalue weighted by atomic mass is 9.89. The number of aromatic nitrogens is 4. The van der Waals surface area contributed by atoms with E-state index in [1.54, 1.807) is 42.7 Å².